The molecule has 3 saturated carbocycles. The van der Waals surface area contributed by atoms with E-state index in [1.54, 1.807) is 13.0 Å². The Balaban J connectivity index is 1.86. The number of ketones is 2. The first-order chi connectivity index (χ1) is 20.2. The number of allylic oxidation sites excluding steroid dienone is 4. The van der Waals surface area contributed by atoms with Gasteiger partial charge in [-0.15, -0.1) is 0 Å². The second kappa shape index (κ2) is 12.3. The third-order valence-corrected chi connectivity index (χ3v) is 10.8. The van der Waals surface area contributed by atoms with Crippen LogP contribution in [0.25, 0.3) is 0 Å². The standard InChI is InChI=1S/C34H47FO8/c1-7-10-28(38)41-20-26(37)34(43-30(40)12-9-3)21(4)17-25-24-14-13-22-18-23(36)15-16-31(22,5)33(24,35)27(19-32(25,34)6)42-29(39)11-8-2/h15-16,18,21,24-25,27H,7-14,17,19-20H2,1-6H3/t21-,24+,25-,27+,31+,32+,33+,34+/m1/s1. The normalized spacial score (nSPS) is 37.8. The van der Waals surface area contributed by atoms with E-state index in [4.69, 9.17) is 14.2 Å². The highest BCUT2D eigenvalue weighted by atomic mass is 19.1. The summed E-state index contributed by atoms with van der Waals surface area (Å²) in [4.78, 5) is 65.1. The van der Waals surface area contributed by atoms with Gasteiger partial charge in [-0.3, -0.25) is 24.0 Å². The molecule has 0 amide bonds. The number of rotatable bonds is 11. The number of hydrogen-bond donors (Lipinski definition) is 0. The minimum Gasteiger partial charge on any atom is -0.459 e. The Morgan fingerprint density at radius 3 is 2.23 bits per heavy atom. The van der Waals surface area contributed by atoms with Gasteiger partial charge in [-0.05, 0) is 69.9 Å². The van der Waals surface area contributed by atoms with Crippen molar-refractivity contribution in [3.63, 3.8) is 0 Å². The number of esters is 3. The molecule has 0 aromatic carbocycles. The molecule has 0 aromatic heterocycles. The van der Waals surface area contributed by atoms with Crippen molar-refractivity contribution in [3.05, 3.63) is 23.8 Å². The summed E-state index contributed by atoms with van der Waals surface area (Å²) in [7, 11) is 0. The summed E-state index contributed by atoms with van der Waals surface area (Å²) < 4.78 is 35.9. The Kier molecular flexibility index (Phi) is 9.44. The summed E-state index contributed by atoms with van der Waals surface area (Å²) in [5.41, 5.74) is -5.42. The molecule has 9 heteroatoms. The van der Waals surface area contributed by atoms with E-state index in [2.05, 4.69) is 0 Å². The van der Waals surface area contributed by atoms with Gasteiger partial charge in [-0.1, -0.05) is 46.3 Å². The smallest absolute Gasteiger partial charge is 0.306 e. The lowest BCUT2D eigenvalue weighted by molar-refractivity contribution is -0.236. The zero-order chi connectivity index (χ0) is 31.8. The van der Waals surface area contributed by atoms with E-state index in [0.29, 0.717) is 44.1 Å². The molecule has 3 fully saturated rings. The fourth-order valence-corrected chi connectivity index (χ4v) is 8.88. The molecule has 0 radical (unpaired) electrons. The van der Waals surface area contributed by atoms with Crippen LogP contribution in [0.2, 0.25) is 0 Å². The van der Waals surface area contributed by atoms with Crippen molar-refractivity contribution in [2.24, 2.45) is 28.6 Å². The number of hydrogen-bond acceptors (Lipinski definition) is 8. The van der Waals surface area contributed by atoms with E-state index >= 15 is 4.39 Å². The van der Waals surface area contributed by atoms with Crippen molar-refractivity contribution in [3.8, 4) is 0 Å². The lowest BCUT2D eigenvalue weighted by atomic mass is 9.44. The predicted molar refractivity (Wildman–Crippen MR) is 156 cm³/mol. The molecule has 0 saturated heterocycles. The first-order valence-corrected chi connectivity index (χ1v) is 16.0. The number of carbonyl (C=O) groups is 5. The number of alkyl halides is 1. The van der Waals surface area contributed by atoms with Crippen molar-refractivity contribution < 1.29 is 42.6 Å². The van der Waals surface area contributed by atoms with Crippen LogP contribution < -0.4 is 0 Å². The zero-order valence-electron chi connectivity index (χ0n) is 26.5. The van der Waals surface area contributed by atoms with Gasteiger partial charge >= 0.3 is 17.9 Å². The second-order valence-corrected chi connectivity index (χ2v) is 13.4. The topological polar surface area (TPSA) is 113 Å². The van der Waals surface area contributed by atoms with E-state index in [1.807, 2.05) is 34.6 Å². The van der Waals surface area contributed by atoms with Gasteiger partial charge in [-0.25, -0.2) is 4.39 Å². The van der Waals surface area contributed by atoms with Crippen molar-refractivity contribution in [1.82, 2.24) is 0 Å². The van der Waals surface area contributed by atoms with Gasteiger partial charge in [0.05, 0.1) is 0 Å². The highest BCUT2D eigenvalue weighted by Gasteiger charge is 2.78. The Morgan fingerprint density at radius 1 is 0.953 bits per heavy atom. The van der Waals surface area contributed by atoms with Gasteiger partial charge in [0.1, 0.15) is 6.10 Å². The largest absolute Gasteiger partial charge is 0.459 e. The Labute approximate surface area is 254 Å². The molecule has 0 aromatic rings. The molecule has 0 unspecified atom stereocenters. The van der Waals surface area contributed by atoms with E-state index in [1.165, 1.54) is 12.2 Å². The molecule has 8 nitrogen and oxygen atoms in total. The fourth-order valence-electron chi connectivity index (χ4n) is 8.88. The van der Waals surface area contributed by atoms with Crippen LogP contribution in [0.1, 0.15) is 106 Å². The predicted octanol–water partition coefficient (Wildman–Crippen LogP) is 5.95. The molecule has 0 heterocycles. The van der Waals surface area contributed by atoms with E-state index in [9.17, 15) is 24.0 Å². The van der Waals surface area contributed by atoms with Crippen LogP contribution in [0.5, 0.6) is 0 Å². The van der Waals surface area contributed by atoms with Crippen LogP contribution in [0, 0.1) is 28.6 Å². The maximum absolute atomic E-state index is 18.3. The summed E-state index contributed by atoms with van der Waals surface area (Å²) in [6.45, 7) is 10.4. The molecule has 4 aliphatic rings. The van der Waals surface area contributed by atoms with Crippen molar-refractivity contribution in [1.29, 1.82) is 0 Å². The van der Waals surface area contributed by atoms with Gasteiger partial charge in [0.2, 0.25) is 5.78 Å². The SMILES string of the molecule is CCCC(=O)OCC(=O)[C@@]1(OC(=O)CCC)[C@H](C)C[C@@H]2[C@@H]3CCC4=CC(=O)C=C[C@]4(C)[C@@]3(F)[C@@H](OC(=O)CCC)C[C@@]21C. The van der Waals surface area contributed by atoms with Crippen molar-refractivity contribution in [2.45, 2.75) is 123 Å². The minimum atomic E-state index is -2.07. The summed E-state index contributed by atoms with van der Waals surface area (Å²) >= 11 is 0. The molecule has 0 N–H and O–H groups in total. The summed E-state index contributed by atoms with van der Waals surface area (Å²) in [6.07, 6.45) is 6.34. The van der Waals surface area contributed by atoms with Crippen LogP contribution in [0.4, 0.5) is 4.39 Å². The van der Waals surface area contributed by atoms with Crippen molar-refractivity contribution >= 4 is 29.5 Å². The third-order valence-electron chi connectivity index (χ3n) is 10.8. The number of fused-ring (bicyclic) bond motifs is 5. The van der Waals surface area contributed by atoms with Crippen LogP contribution in [-0.2, 0) is 38.2 Å². The Hall–Kier alpha value is -2.84. The van der Waals surface area contributed by atoms with E-state index in [0.717, 1.165) is 0 Å². The molecule has 0 aliphatic heterocycles. The quantitative estimate of drug-likeness (QED) is 0.211. The second-order valence-electron chi connectivity index (χ2n) is 13.4. The van der Waals surface area contributed by atoms with Crippen LogP contribution >= 0.6 is 0 Å². The highest BCUT2D eigenvalue weighted by Crippen LogP contribution is 2.72. The average molecular weight is 603 g/mol. The minimum absolute atomic E-state index is 0.0663. The summed E-state index contributed by atoms with van der Waals surface area (Å²) in [5, 5.41) is 0. The van der Waals surface area contributed by atoms with E-state index < -0.39 is 76.3 Å². The number of halogens is 1. The average Bonchev–Trinajstić information content (AvgIpc) is 3.15. The third kappa shape index (κ3) is 5.18. The fraction of sp³-hybridized carbons (Fsp3) is 0.735. The van der Waals surface area contributed by atoms with E-state index in [-0.39, 0.29) is 31.5 Å². The summed E-state index contributed by atoms with van der Waals surface area (Å²) in [6, 6.07) is 0. The molecule has 43 heavy (non-hydrogen) atoms. The number of ether oxygens (including phenoxy) is 3. The zero-order valence-corrected chi connectivity index (χ0v) is 26.5. The molecular formula is C34H47FO8. The first-order valence-electron chi connectivity index (χ1n) is 16.0. The Morgan fingerprint density at radius 2 is 1.58 bits per heavy atom. The van der Waals surface area contributed by atoms with Crippen LogP contribution in [-0.4, -0.2) is 53.5 Å². The Bertz CT molecular complexity index is 1220. The number of carbonyl (C=O) groups excluding carboxylic acids is 5. The van der Waals surface area contributed by atoms with Gasteiger partial charge in [0.15, 0.2) is 23.7 Å². The molecular weight excluding hydrogens is 555 g/mol. The van der Waals surface area contributed by atoms with Crippen molar-refractivity contribution in [2.75, 3.05) is 6.61 Å². The maximum atomic E-state index is 18.3. The maximum Gasteiger partial charge on any atom is 0.306 e. The number of Topliss-reactive ketones (excluding diaryl/α,β-unsaturated/α-hetero) is 1. The lowest BCUT2D eigenvalue weighted by Crippen LogP contribution is -2.70. The van der Waals surface area contributed by atoms with Gasteiger partial charge < -0.3 is 14.2 Å². The molecule has 0 bridgehead atoms. The molecule has 8 atom stereocenters. The molecule has 4 aliphatic carbocycles. The lowest BCUT2D eigenvalue weighted by Gasteiger charge is -2.63. The molecule has 0 spiro atoms. The van der Waals surface area contributed by atoms with Gasteiger partial charge in [0.25, 0.3) is 0 Å². The molecule has 238 valence electrons. The van der Waals surface area contributed by atoms with Crippen LogP contribution in [0.3, 0.4) is 0 Å². The highest BCUT2D eigenvalue weighted by molar-refractivity contribution is 6.01. The first kappa shape index (κ1) is 33.1. The summed E-state index contributed by atoms with van der Waals surface area (Å²) in [5.74, 6) is -3.92. The monoisotopic (exact) mass is 602 g/mol. The molecule has 4 rings (SSSR count). The van der Waals surface area contributed by atoms with Gasteiger partial charge in [-0.2, -0.15) is 0 Å². The van der Waals surface area contributed by atoms with Crippen LogP contribution in [0.15, 0.2) is 23.8 Å². The van der Waals surface area contributed by atoms with Gasteiger partial charge in [0, 0.05) is 41.9 Å².